The maximum atomic E-state index is 12.0. The highest BCUT2D eigenvalue weighted by molar-refractivity contribution is 6.30. The first-order chi connectivity index (χ1) is 9.58. The predicted octanol–water partition coefficient (Wildman–Crippen LogP) is 1.67. The van der Waals surface area contributed by atoms with Crippen LogP contribution in [0.3, 0.4) is 0 Å². The van der Waals surface area contributed by atoms with E-state index in [2.05, 4.69) is 0 Å². The summed E-state index contributed by atoms with van der Waals surface area (Å²) in [4.78, 5) is 24.4. The first kappa shape index (κ1) is 14.6. The average molecular weight is 296 g/mol. The van der Waals surface area contributed by atoms with Gasteiger partial charge in [-0.15, -0.1) is 0 Å². The van der Waals surface area contributed by atoms with Gasteiger partial charge >= 0.3 is 5.97 Å². The smallest absolute Gasteiger partial charge is 0.328 e. The van der Waals surface area contributed by atoms with Gasteiger partial charge in [-0.3, -0.25) is 4.79 Å². The van der Waals surface area contributed by atoms with Crippen LogP contribution < -0.4 is 0 Å². The molecule has 1 saturated heterocycles. The summed E-state index contributed by atoms with van der Waals surface area (Å²) in [7, 11) is 0. The molecule has 1 aromatic carbocycles. The molecule has 1 amide bonds. The molecule has 2 rings (SSSR count). The molecule has 5 nitrogen and oxygen atoms in total. The number of nitrogens with zero attached hydrogens (tertiary/aromatic N) is 1. The molecular formula is C14H14ClNO4. The van der Waals surface area contributed by atoms with Gasteiger partial charge in [-0.1, -0.05) is 23.7 Å². The van der Waals surface area contributed by atoms with E-state index in [4.69, 9.17) is 21.4 Å². The summed E-state index contributed by atoms with van der Waals surface area (Å²) >= 11 is 5.77. The largest absolute Gasteiger partial charge is 0.480 e. The minimum Gasteiger partial charge on any atom is -0.480 e. The number of carboxylic acid groups (broad SMARTS) is 1. The predicted molar refractivity (Wildman–Crippen MR) is 74.4 cm³/mol. The van der Waals surface area contributed by atoms with Crippen LogP contribution in [0.1, 0.15) is 5.56 Å². The Balaban J connectivity index is 2.06. The Kier molecular flexibility index (Phi) is 4.76. The second-order valence-electron chi connectivity index (χ2n) is 4.35. The molecule has 1 fully saturated rings. The number of rotatable bonds is 3. The van der Waals surface area contributed by atoms with E-state index in [1.807, 2.05) is 0 Å². The zero-order chi connectivity index (χ0) is 14.5. The highest BCUT2D eigenvalue weighted by Crippen LogP contribution is 2.12. The Morgan fingerprint density at radius 2 is 2.05 bits per heavy atom. The van der Waals surface area contributed by atoms with E-state index >= 15 is 0 Å². The van der Waals surface area contributed by atoms with Gasteiger partial charge < -0.3 is 14.7 Å². The zero-order valence-corrected chi connectivity index (χ0v) is 11.4. The van der Waals surface area contributed by atoms with Gasteiger partial charge in [0.15, 0.2) is 6.04 Å². The molecule has 6 heteroatoms. The Morgan fingerprint density at radius 3 is 2.70 bits per heavy atom. The van der Waals surface area contributed by atoms with Crippen molar-refractivity contribution in [3.63, 3.8) is 0 Å². The van der Waals surface area contributed by atoms with Crippen LogP contribution in [0.25, 0.3) is 6.08 Å². The lowest BCUT2D eigenvalue weighted by molar-refractivity contribution is -0.156. The number of hydrogen-bond acceptors (Lipinski definition) is 3. The zero-order valence-electron chi connectivity index (χ0n) is 10.7. The lowest BCUT2D eigenvalue weighted by Crippen LogP contribution is -2.52. The van der Waals surface area contributed by atoms with Gasteiger partial charge in [-0.25, -0.2) is 4.79 Å². The van der Waals surface area contributed by atoms with Gasteiger partial charge in [0.25, 0.3) is 0 Å². The highest BCUT2D eigenvalue weighted by Gasteiger charge is 2.31. The van der Waals surface area contributed by atoms with Crippen LogP contribution in [0.15, 0.2) is 30.3 Å². The van der Waals surface area contributed by atoms with E-state index in [1.165, 1.54) is 11.0 Å². The second-order valence-corrected chi connectivity index (χ2v) is 4.78. The fourth-order valence-corrected chi connectivity index (χ4v) is 2.04. The van der Waals surface area contributed by atoms with E-state index in [0.29, 0.717) is 11.6 Å². The summed E-state index contributed by atoms with van der Waals surface area (Å²) in [6.07, 6.45) is 3.00. The van der Waals surface area contributed by atoms with Crippen molar-refractivity contribution >= 4 is 29.6 Å². The molecule has 0 bridgehead atoms. The third-order valence-corrected chi connectivity index (χ3v) is 3.24. The van der Waals surface area contributed by atoms with Crippen molar-refractivity contribution in [3.8, 4) is 0 Å². The van der Waals surface area contributed by atoms with Crippen LogP contribution in [0.2, 0.25) is 5.02 Å². The molecule has 1 aliphatic rings. The molecule has 0 saturated carbocycles. The van der Waals surface area contributed by atoms with Crippen molar-refractivity contribution < 1.29 is 19.4 Å². The molecule has 0 radical (unpaired) electrons. The third-order valence-electron chi connectivity index (χ3n) is 2.98. The minimum atomic E-state index is -1.06. The lowest BCUT2D eigenvalue weighted by Gasteiger charge is -2.31. The first-order valence-electron chi connectivity index (χ1n) is 6.13. The molecule has 1 heterocycles. The number of benzene rings is 1. The normalized spacial score (nSPS) is 19.2. The molecule has 1 aromatic rings. The van der Waals surface area contributed by atoms with Gasteiger partial charge in [0.1, 0.15) is 0 Å². The molecular weight excluding hydrogens is 282 g/mol. The van der Waals surface area contributed by atoms with E-state index in [0.717, 1.165) is 5.56 Å². The van der Waals surface area contributed by atoms with Gasteiger partial charge in [-0.05, 0) is 23.8 Å². The van der Waals surface area contributed by atoms with E-state index in [1.54, 1.807) is 30.3 Å². The molecule has 106 valence electrons. The van der Waals surface area contributed by atoms with Crippen LogP contribution in [0.5, 0.6) is 0 Å². The highest BCUT2D eigenvalue weighted by atomic mass is 35.5. The van der Waals surface area contributed by atoms with Gasteiger partial charge in [-0.2, -0.15) is 0 Å². The molecule has 1 N–H and O–H groups in total. The Bertz CT molecular complexity index is 526. The Morgan fingerprint density at radius 1 is 1.35 bits per heavy atom. The monoisotopic (exact) mass is 295 g/mol. The topological polar surface area (TPSA) is 66.8 Å². The summed E-state index contributed by atoms with van der Waals surface area (Å²) in [5, 5.41) is 9.68. The quantitative estimate of drug-likeness (QED) is 0.861. The van der Waals surface area contributed by atoms with E-state index in [9.17, 15) is 9.59 Å². The summed E-state index contributed by atoms with van der Waals surface area (Å²) in [5.41, 5.74) is 0.822. The standard InChI is InChI=1S/C14H14ClNO4/c15-11-4-1-10(2-5-11)3-6-13(17)16-7-8-20-9-12(16)14(18)19/h1-6,12H,7-9H2,(H,18,19)/b6-3+/t12-/m0/s1. The summed E-state index contributed by atoms with van der Waals surface area (Å²) in [6, 6.07) is 6.08. The van der Waals surface area contributed by atoms with Gasteiger partial charge in [0.05, 0.1) is 13.2 Å². The molecule has 1 atom stereocenters. The molecule has 20 heavy (non-hydrogen) atoms. The van der Waals surface area contributed by atoms with Crippen LogP contribution in [-0.2, 0) is 14.3 Å². The maximum absolute atomic E-state index is 12.0. The molecule has 0 aromatic heterocycles. The van der Waals surface area contributed by atoms with Crippen LogP contribution in [0, 0.1) is 0 Å². The number of amides is 1. The number of carbonyl (C=O) groups is 2. The fourth-order valence-electron chi connectivity index (χ4n) is 1.91. The van der Waals surface area contributed by atoms with Crippen molar-refractivity contribution in [2.75, 3.05) is 19.8 Å². The minimum absolute atomic E-state index is 0.0237. The summed E-state index contributed by atoms with van der Waals surface area (Å²) in [6.45, 7) is 0.654. The van der Waals surface area contributed by atoms with Crippen molar-refractivity contribution in [1.82, 2.24) is 4.90 Å². The van der Waals surface area contributed by atoms with Crippen LogP contribution in [-0.4, -0.2) is 47.7 Å². The van der Waals surface area contributed by atoms with Gasteiger partial charge in [0.2, 0.25) is 5.91 Å². The van der Waals surface area contributed by atoms with Crippen molar-refractivity contribution in [3.05, 3.63) is 40.9 Å². The number of halogens is 1. The van der Waals surface area contributed by atoms with Crippen molar-refractivity contribution in [2.24, 2.45) is 0 Å². The van der Waals surface area contributed by atoms with E-state index in [-0.39, 0.29) is 19.1 Å². The molecule has 0 spiro atoms. The summed E-state index contributed by atoms with van der Waals surface area (Å²) in [5.74, 6) is -1.39. The molecule has 0 aliphatic carbocycles. The van der Waals surface area contributed by atoms with Crippen LogP contribution in [0.4, 0.5) is 0 Å². The number of hydrogen-bond donors (Lipinski definition) is 1. The summed E-state index contributed by atoms with van der Waals surface area (Å²) < 4.78 is 5.09. The van der Waals surface area contributed by atoms with Crippen molar-refractivity contribution in [1.29, 1.82) is 0 Å². The average Bonchev–Trinajstić information content (AvgIpc) is 2.46. The number of morpholine rings is 1. The Labute approximate surface area is 121 Å². The second kappa shape index (κ2) is 6.54. The number of aliphatic carboxylic acids is 1. The molecule has 0 unspecified atom stereocenters. The van der Waals surface area contributed by atoms with Crippen LogP contribution >= 0.6 is 11.6 Å². The van der Waals surface area contributed by atoms with E-state index < -0.39 is 12.0 Å². The fraction of sp³-hybridized carbons (Fsp3) is 0.286. The maximum Gasteiger partial charge on any atom is 0.328 e. The Hall–Kier alpha value is -1.85. The lowest BCUT2D eigenvalue weighted by atomic mass is 10.2. The first-order valence-corrected chi connectivity index (χ1v) is 6.50. The van der Waals surface area contributed by atoms with Gasteiger partial charge in [0, 0.05) is 17.6 Å². The SMILES string of the molecule is O=C(O)[C@@H]1COCCN1C(=O)/C=C/c1ccc(Cl)cc1. The third kappa shape index (κ3) is 3.59. The van der Waals surface area contributed by atoms with Crippen molar-refractivity contribution in [2.45, 2.75) is 6.04 Å². The number of carbonyl (C=O) groups excluding carboxylic acids is 1. The number of carboxylic acids is 1. The molecule has 1 aliphatic heterocycles. The number of ether oxygens (including phenoxy) is 1.